The van der Waals surface area contributed by atoms with Gasteiger partial charge in [-0.1, -0.05) is 18.2 Å². The molecule has 2 rings (SSSR count). The fourth-order valence-corrected chi connectivity index (χ4v) is 2.77. The Hall–Kier alpha value is -2.18. The van der Waals surface area contributed by atoms with Gasteiger partial charge in [0, 0.05) is 24.0 Å². The van der Waals surface area contributed by atoms with Crippen LogP contribution >= 0.6 is 11.3 Å². The largest absolute Gasteiger partial charge is 0.359 e. The number of hydrogen-bond acceptors (Lipinski definition) is 4. The number of carbonyl (C=O) groups is 2. The first kappa shape index (κ1) is 16.2. The van der Waals surface area contributed by atoms with Crippen LogP contribution in [0.25, 0.3) is 0 Å². The Morgan fingerprint density at radius 3 is 2.77 bits per heavy atom. The van der Waals surface area contributed by atoms with E-state index < -0.39 is 6.04 Å². The van der Waals surface area contributed by atoms with Gasteiger partial charge in [0.1, 0.15) is 0 Å². The van der Waals surface area contributed by atoms with E-state index in [1.807, 2.05) is 23.6 Å². The Bertz CT molecular complexity index is 641. The summed E-state index contributed by atoms with van der Waals surface area (Å²) in [7, 11) is 1.59. The summed E-state index contributed by atoms with van der Waals surface area (Å²) in [5.41, 5.74) is 7.41. The SMILES string of the molecule is CNC(=O)Cc1cccc(NC(=O)C(N)Cc2cccs2)c1. The molecule has 1 unspecified atom stereocenters. The van der Waals surface area contributed by atoms with E-state index >= 15 is 0 Å². The fraction of sp³-hybridized carbons (Fsp3) is 0.250. The van der Waals surface area contributed by atoms with Gasteiger partial charge in [0.2, 0.25) is 11.8 Å². The van der Waals surface area contributed by atoms with E-state index in [0.717, 1.165) is 10.4 Å². The third-order valence-electron chi connectivity index (χ3n) is 3.18. The molecule has 0 saturated carbocycles. The van der Waals surface area contributed by atoms with Crippen molar-refractivity contribution >= 4 is 28.8 Å². The van der Waals surface area contributed by atoms with Gasteiger partial charge in [0.15, 0.2) is 0 Å². The number of anilines is 1. The minimum atomic E-state index is -0.596. The Balaban J connectivity index is 1.96. The van der Waals surface area contributed by atoms with Crippen molar-refractivity contribution in [1.82, 2.24) is 5.32 Å². The van der Waals surface area contributed by atoms with Gasteiger partial charge in [-0.15, -0.1) is 11.3 Å². The molecule has 0 radical (unpaired) electrons. The number of carbonyl (C=O) groups excluding carboxylic acids is 2. The second kappa shape index (κ2) is 7.72. The first-order chi connectivity index (χ1) is 10.6. The Labute approximate surface area is 133 Å². The minimum Gasteiger partial charge on any atom is -0.359 e. The van der Waals surface area contributed by atoms with Crippen LogP contribution in [0.3, 0.4) is 0 Å². The third kappa shape index (κ3) is 4.68. The van der Waals surface area contributed by atoms with Gasteiger partial charge in [-0.05, 0) is 29.1 Å². The maximum absolute atomic E-state index is 12.1. The molecular weight excluding hydrogens is 298 g/mol. The van der Waals surface area contributed by atoms with E-state index in [4.69, 9.17) is 5.73 Å². The molecule has 0 aliphatic heterocycles. The zero-order valence-electron chi connectivity index (χ0n) is 12.3. The quantitative estimate of drug-likeness (QED) is 0.755. The molecular formula is C16H19N3O2S. The summed E-state index contributed by atoms with van der Waals surface area (Å²) < 4.78 is 0. The molecule has 0 aliphatic carbocycles. The predicted octanol–water partition coefficient (Wildman–Crippen LogP) is 1.55. The van der Waals surface area contributed by atoms with Crippen LogP contribution in [0.1, 0.15) is 10.4 Å². The highest BCUT2D eigenvalue weighted by molar-refractivity contribution is 7.09. The predicted molar refractivity (Wildman–Crippen MR) is 88.8 cm³/mol. The Kier molecular flexibility index (Phi) is 5.68. The van der Waals surface area contributed by atoms with Crippen LogP contribution in [-0.4, -0.2) is 24.9 Å². The summed E-state index contributed by atoms with van der Waals surface area (Å²) in [5, 5.41) is 7.33. The number of nitrogens with two attached hydrogens (primary N) is 1. The zero-order valence-corrected chi connectivity index (χ0v) is 13.2. The summed E-state index contributed by atoms with van der Waals surface area (Å²) in [5.74, 6) is -0.302. The summed E-state index contributed by atoms with van der Waals surface area (Å²) >= 11 is 1.58. The van der Waals surface area contributed by atoms with Gasteiger partial charge in [0.05, 0.1) is 12.5 Å². The Morgan fingerprint density at radius 1 is 1.27 bits per heavy atom. The maximum atomic E-state index is 12.1. The number of thiophene rings is 1. The van der Waals surface area contributed by atoms with E-state index in [2.05, 4.69) is 10.6 Å². The number of hydrogen-bond donors (Lipinski definition) is 3. The van der Waals surface area contributed by atoms with E-state index in [0.29, 0.717) is 12.1 Å². The monoisotopic (exact) mass is 317 g/mol. The zero-order chi connectivity index (χ0) is 15.9. The molecule has 1 aromatic carbocycles. The molecule has 1 heterocycles. The molecule has 6 heteroatoms. The molecule has 1 atom stereocenters. The van der Waals surface area contributed by atoms with Gasteiger partial charge >= 0.3 is 0 Å². The second-order valence-electron chi connectivity index (χ2n) is 4.93. The third-order valence-corrected chi connectivity index (χ3v) is 4.07. The number of amides is 2. The Morgan fingerprint density at radius 2 is 2.09 bits per heavy atom. The lowest BCUT2D eigenvalue weighted by atomic mass is 10.1. The molecule has 0 spiro atoms. The molecule has 0 saturated heterocycles. The maximum Gasteiger partial charge on any atom is 0.241 e. The normalized spacial score (nSPS) is 11.7. The molecule has 5 nitrogen and oxygen atoms in total. The van der Waals surface area contributed by atoms with Gasteiger partial charge in [0.25, 0.3) is 0 Å². The average molecular weight is 317 g/mol. The van der Waals surface area contributed by atoms with Crippen LogP contribution in [-0.2, 0) is 22.4 Å². The van der Waals surface area contributed by atoms with Gasteiger partial charge in [-0.25, -0.2) is 0 Å². The van der Waals surface area contributed by atoms with Crippen molar-refractivity contribution in [1.29, 1.82) is 0 Å². The van der Waals surface area contributed by atoms with Gasteiger partial charge in [-0.3, -0.25) is 9.59 Å². The number of rotatable bonds is 6. The number of benzene rings is 1. The van der Waals surface area contributed by atoms with E-state index in [1.54, 1.807) is 36.6 Å². The highest BCUT2D eigenvalue weighted by Gasteiger charge is 2.15. The number of nitrogens with one attached hydrogen (secondary N) is 2. The van der Waals surface area contributed by atoms with Crippen molar-refractivity contribution in [3.05, 3.63) is 52.2 Å². The lowest BCUT2D eigenvalue weighted by molar-refractivity contribution is -0.120. The summed E-state index contributed by atoms with van der Waals surface area (Å²) in [6.45, 7) is 0. The number of likely N-dealkylation sites (N-methyl/N-ethyl adjacent to an activating group) is 1. The first-order valence-electron chi connectivity index (χ1n) is 6.97. The van der Waals surface area contributed by atoms with E-state index in [1.165, 1.54) is 0 Å². The van der Waals surface area contributed by atoms with E-state index in [-0.39, 0.29) is 18.2 Å². The van der Waals surface area contributed by atoms with Crippen LogP contribution in [0, 0.1) is 0 Å². The molecule has 4 N–H and O–H groups in total. The first-order valence-corrected chi connectivity index (χ1v) is 7.85. The summed E-state index contributed by atoms with van der Waals surface area (Å²) in [6.07, 6.45) is 0.795. The van der Waals surface area contributed by atoms with Crippen molar-refractivity contribution in [2.24, 2.45) is 5.73 Å². The molecule has 0 bridgehead atoms. The van der Waals surface area contributed by atoms with Gasteiger partial charge in [-0.2, -0.15) is 0 Å². The van der Waals surface area contributed by atoms with Crippen LogP contribution in [0.5, 0.6) is 0 Å². The molecule has 1 aromatic heterocycles. The van der Waals surface area contributed by atoms with Crippen molar-refractivity contribution in [3.63, 3.8) is 0 Å². The van der Waals surface area contributed by atoms with Crippen LogP contribution < -0.4 is 16.4 Å². The lowest BCUT2D eigenvalue weighted by Gasteiger charge is -2.12. The van der Waals surface area contributed by atoms with Crippen LogP contribution in [0.15, 0.2) is 41.8 Å². The van der Waals surface area contributed by atoms with E-state index in [9.17, 15) is 9.59 Å². The molecule has 0 aliphatic rings. The minimum absolute atomic E-state index is 0.0714. The molecule has 2 aromatic rings. The molecule has 22 heavy (non-hydrogen) atoms. The molecule has 0 fully saturated rings. The summed E-state index contributed by atoms with van der Waals surface area (Å²) in [6, 6.07) is 10.5. The smallest absolute Gasteiger partial charge is 0.241 e. The van der Waals surface area contributed by atoms with Crippen molar-refractivity contribution in [3.8, 4) is 0 Å². The second-order valence-corrected chi connectivity index (χ2v) is 5.96. The van der Waals surface area contributed by atoms with Crippen molar-refractivity contribution in [2.45, 2.75) is 18.9 Å². The average Bonchev–Trinajstić information content (AvgIpc) is 3.00. The van der Waals surface area contributed by atoms with Crippen molar-refractivity contribution < 1.29 is 9.59 Å². The lowest BCUT2D eigenvalue weighted by Crippen LogP contribution is -2.37. The highest BCUT2D eigenvalue weighted by atomic mass is 32.1. The highest BCUT2D eigenvalue weighted by Crippen LogP contribution is 2.14. The fourth-order valence-electron chi connectivity index (χ4n) is 2.01. The summed E-state index contributed by atoms with van der Waals surface area (Å²) in [4.78, 5) is 24.6. The molecule has 2 amide bonds. The standard InChI is InChI=1S/C16H19N3O2S/c1-18-15(20)9-11-4-2-5-12(8-11)19-16(21)14(17)10-13-6-3-7-22-13/h2-8,14H,9-10,17H2,1H3,(H,18,20)(H,19,21). The van der Waals surface area contributed by atoms with Crippen molar-refractivity contribution in [2.75, 3.05) is 12.4 Å². The van der Waals surface area contributed by atoms with Crippen LogP contribution in [0.2, 0.25) is 0 Å². The topological polar surface area (TPSA) is 84.2 Å². The van der Waals surface area contributed by atoms with Crippen LogP contribution in [0.4, 0.5) is 5.69 Å². The molecule has 116 valence electrons. The van der Waals surface area contributed by atoms with Gasteiger partial charge < -0.3 is 16.4 Å².